The summed E-state index contributed by atoms with van der Waals surface area (Å²) in [7, 11) is 0. The van der Waals surface area contributed by atoms with E-state index in [4.69, 9.17) is 27.1 Å². The van der Waals surface area contributed by atoms with Gasteiger partial charge in [0.25, 0.3) is 0 Å². The SMILES string of the molecule is N=C(N)NCCC[C@H](N)C(=O)O.O=C(O)C=Cc1c[nH]cn1. The highest BCUT2D eigenvalue weighted by Gasteiger charge is 2.09. The number of H-pyrrole nitrogens is 1. The summed E-state index contributed by atoms with van der Waals surface area (Å²) in [5.74, 6) is -2.08. The second-order valence-corrected chi connectivity index (χ2v) is 4.09. The van der Waals surface area contributed by atoms with Gasteiger partial charge < -0.3 is 32.0 Å². The minimum absolute atomic E-state index is 0.112. The van der Waals surface area contributed by atoms with Crippen molar-refractivity contribution in [3.63, 3.8) is 0 Å². The number of aliphatic carboxylic acids is 2. The maximum absolute atomic E-state index is 10.2. The largest absolute Gasteiger partial charge is 0.480 e. The van der Waals surface area contributed by atoms with Crippen molar-refractivity contribution in [1.82, 2.24) is 15.3 Å². The van der Waals surface area contributed by atoms with Crippen LogP contribution in [0.2, 0.25) is 0 Å². The second-order valence-electron chi connectivity index (χ2n) is 4.09. The smallest absolute Gasteiger partial charge is 0.328 e. The van der Waals surface area contributed by atoms with Crippen LogP contribution in [0, 0.1) is 5.41 Å². The predicted molar refractivity (Wildman–Crippen MR) is 80.0 cm³/mol. The van der Waals surface area contributed by atoms with Crippen LogP contribution >= 0.6 is 0 Å². The summed E-state index contributed by atoms with van der Waals surface area (Å²) in [6, 6.07) is -0.821. The number of guanidine groups is 1. The van der Waals surface area contributed by atoms with Crippen LogP contribution in [0.25, 0.3) is 6.08 Å². The maximum atomic E-state index is 10.2. The van der Waals surface area contributed by atoms with Gasteiger partial charge >= 0.3 is 11.9 Å². The number of imidazole rings is 1. The molecule has 0 radical (unpaired) electrons. The fourth-order valence-electron chi connectivity index (χ4n) is 1.19. The average Bonchev–Trinajstić information content (AvgIpc) is 2.94. The summed E-state index contributed by atoms with van der Waals surface area (Å²) in [5.41, 5.74) is 10.8. The fraction of sp³-hybridized carbons (Fsp3) is 0.333. The predicted octanol–water partition coefficient (Wildman–Crippen LogP) is -0.831. The molecule has 0 saturated heterocycles. The van der Waals surface area contributed by atoms with E-state index in [0.29, 0.717) is 25.1 Å². The van der Waals surface area contributed by atoms with Gasteiger partial charge in [-0.1, -0.05) is 0 Å². The molecule has 9 N–H and O–H groups in total. The first kappa shape index (κ1) is 19.1. The summed E-state index contributed by atoms with van der Waals surface area (Å²) in [6.07, 6.45) is 6.53. The number of aromatic nitrogens is 2. The summed E-state index contributed by atoms with van der Waals surface area (Å²) in [6.45, 7) is 0.482. The molecule has 0 aromatic carbocycles. The molecule has 0 unspecified atom stereocenters. The summed E-state index contributed by atoms with van der Waals surface area (Å²) in [5, 5.41) is 25.9. The minimum atomic E-state index is -1.00. The molecular formula is C12H20N6O4. The number of hydrogen-bond donors (Lipinski definition) is 7. The van der Waals surface area contributed by atoms with Crippen molar-refractivity contribution in [2.24, 2.45) is 11.5 Å². The summed E-state index contributed by atoms with van der Waals surface area (Å²) >= 11 is 0. The average molecular weight is 312 g/mol. The van der Waals surface area contributed by atoms with Gasteiger partial charge in [0.05, 0.1) is 12.0 Å². The van der Waals surface area contributed by atoms with E-state index in [2.05, 4.69) is 15.3 Å². The van der Waals surface area contributed by atoms with Crippen molar-refractivity contribution in [1.29, 1.82) is 5.41 Å². The van der Waals surface area contributed by atoms with Crippen molar-refractivity contribution < 1.29 is 19.8 Å². The third-order valence-electron chi connectivity index (χ3n) is 2.24. The van der Waals surface area contributed by atoms with Gasteiger partial charge in [-0.25, -0.2) is 9.78 Å². The molecule has 1 aromatic rings. The number of aromatic amines is 1. The first-order chi connectivity index (χ1) is 10.3. The van der Waals surface area contributed by atoms with Crippen molar-refractivity contribution in [3.8, 4) is 0 Å². The highest BCUT2D eigenvalue weighted by molar-refractivity contribution is 5.84. The Labute approximate surface area is 126 Å². The topological polar surface area (TPSA) is 191 Å². The van der Waals surface area contributed by atoms with Gasteiger partial charge in [-0.15, -0.1) is 0 Å². The number of nitrogens with two attached hydrogens (primary N) is 2. The number of rotatable bonds is 7. The van der Waals surface area contributed by atoms with E-state index in [0.717, 1.165) is 6.08 Å². The second kappa shape index (κ2) is 10.9. The lowest BCUT2D eigenvalue weighted by Gasteiger charge is -2.06. The Bertz CT molecular complexity index is 500. The van der Waals surface area contributed by atoms with Crippen LogP contribution in [0.15, 0.2) is 18.6 Å². The molecular weight excluding hydrogens is 292 g/mol. The number of nitrogens with zero attached hydrogens (tertiary/aromatic N) is 1. The Morgan fingerprint density at radius 2 is 2.18 bits per heavy atom. The molecule has 122 valence electrons. The maximum Gasteiger partial charge on any atom is 0.328 e. The molecule has 22 heavy (non-hydrogen) atoms. The quantitative estimate of drug-likeness (QED) is 0.147. The molecule has 1 rings (SSSR count). The molecule has 0 spiro atoms. The number of carboxylic acids is 2. The Kier molecular flexibility index (Phi) is 9.43. The lowest BCUT2D eigenvalue weighted by molar-refractivity contribution is -0.138. The molecule has 0 aliphatic carbocycles. The zero-order chi connectivity index (χ0) is 17.0. The van der Waals surface area contributed by atoms with Crippen LogP contribution < -0.4 is 16.8 Å². The van der Waals surface area contributed by atoms with Gasteiger partial charge in [0.1, 0.15) is 6.04 Å². The van der Waals surface area contributed by atoms with E-state index in [1.54, 1.807) is 6.20 Å². The van der Waals surface area contributed by atoms with Crippen LogP contribution in [0.1, 0.15) is 18.5 Å². The Morgan fingerprint density at radius 1 is 1.50 bits per heavy atom. The highest BCUT2D eigenvalue weighted by atomic mass is 16.4. The van der Waals surface area contributed by atoms with E-state index in [-0.39, 0.29) is 5.96 Å². The van der Waals surface area contributed by atoms with Crippen molar-refractivity contribution in [2.75, 3.05) is 6.54 Å². The Hall–Kier alpha value is -2.88. The van der Waals surface area contributed by atoms with Gasteiger partial charge in [0.2, 0.25) is 0 Å². The third kappa shape index (κ3) is 11.0. The van der Waals surface area contributed by atoms with E-state index in [1.807, 2.05) is 0 Å². The number of hydrogen-bond acceptors (Lipinski definition) is 5. The van der Waals surface area contributed by atoms with Crippen LogP contribution in [-0.2, 0) is 9.59 Å². The monoisotopic (exact) mass is 312 g/mol. The highest BCUT2D eigenvalue weighted by Crippen LogP contribution is 1.93. The molecule has 1 aromatic heterocycles. The Balaban J connectivity index is 0.000000406. The van der Waals surface area contributed by atoms with Crippen LogP contribution in [-0.4, -0.2) is 50.7 Å². The number of carbonyl (C=O) groups is 2. The van der Waals surface area contributed by atoms with Crippen molar-refractivity contribution >= 4 is 24.0 Å². The van der Waals surface area contributed by atoms with Gasteiger partial charge in [0, 0.05) is 18.8 Å². The lowest BCUT2D eigenvalue weighted by atomic mass is 10.2. The number of nitrogens with one attached hydrogen (secondary N) is 3. The Morgan fingerprint density at radius 3 is 2.64 bits per heavy atom. The zero-order valence-corrected chi connectivity index (χ0v) is 11.8. The van der Waals surface area contributed by atoms with Crippen molar-refractivity contribution in [3.05, 3.63) is 24.3 Å². The first-order valence-corrected chi connectivity index (χ1v) is 6.29. The molecule has 1 atom stereocenters. The molecule has 0 aliphatic rings. The van der Waals surface area contributed by atoms with E-state index < -0.39 is 18.0 Å². The zero-order valence-electron chi connectivity index (χ0n) is 11.8. The molecule has 0 bridgehead atoms. The van der Waals surface area contributed by atoms with Crippen LogP contribution in [0.4, 0.5) is 0 Å². The molecule has 0 amide bonds. The van der Waals surface area contributed by atoms with E-state index >= 15 is 0 Å². The molecule has 0 saturated carbocycles. The molecule has 1 heterocycles. The fourth-order valence-corrected chi connectivity index (χ4v) is 1.19. The van der Waals surface area contributed by atoms with Crippen LogP contribution in [0.3, 0.4) is 0 Å². The van der Waals surface area contributed by atoms with Gasteiger partial charge in [-0.2, -0.15) is 0 Å². The van der Waals surface area contributed by atoms with Crippen LogP contribution in [0.5, 0.6) is 0 Å². The van der Waals surface area contributed by atoms with E-state index in [1.165, 1.54) is 12.4 Å². The van der Waals surface area contributed by atoms with Gasteiger partial charge in [-0.3, -0.25) is 10.2 Å². The molecule has 10 nitrogen and oxygen atoms in total. The third-order valence-corrected chi connectivity index (χ3v) is 2.24. The molecule has 10 heteroatoms. The lowest BCUT2D eigenvalue weighted by Crippen LogP contribution is -2.34. The standard InChI is InChI=1S/C6H14N4O2.C6H6N2O2/c7-4(5(11)12)2-1-3-10-6(8)9;9-6(10)2-1-5-3-7-4-8-5/h4H,1-3,7H2,(H,11,12)(H4,8,9,10);1-4H,(H,7,8)(H,9,10)/t4-;/m0./s1. The van der Waals surface area contributed by atoms with Gasteiger partial charge in [-0.05, 0) is 18.9 Å². The molecule has 0 fully saturated rings. The number of carboxylic acid groups (broad SMARTS) is 2. The molecule has 0 aliphatic heterocycles. The normalized spacial score (nSPS) is 11.3. The summed E-state index contributed by atoms with van der Waals surface area (Å²) < 4.78 is 0. The summed E-state index contributed by atoms with van der Waals surface area (Å²) in [4.78, 5) is 26.7. The van der Waals surface area contributed by atoms with E-state index in [9.17, 15) is 9.59 Å². The van der Waals surface area contributed by atoms with Gasteiger partial charge in [0.15, 0.2) is 5.96 Å². The first-order valence-electron chi connectivity index (χ1n) is 6.29. The van der Waals surface area contributed by atoms with Crippen molar-refractivity contribution in [2.45, 2.75) is 18.9 Å². The minimum Gasteiger partial charge on any atom is -0.480 e.